The smallest absolute Gasteiger partial charge is 0.245 e. The lowest BCUT2D eigenvalue weighted by Gasteiger charge is -2.21. The molecule has 0 amide bonds. The molecule has 0 radical (unpaired) electrons. The van der Waals surface area contributed by atoms with E-state index in [-0.39, 0.29) is 4.90 Å². The Kier molecular flexibility index (Phi) is 5.36. The van der Waals surface area contributed by atoms with Gasteiger partial charge in [-0.2, -0.15) is 4.31 Å². The maximum Gasteiger partial charge on any atom is 0.245 e. The highest BCUT2D eigenvalue weighted by molar-refractivity contribution is 7.89. The number of sulfonamides is 1. The molecular weight excluding hydrogens is 356 g/mol. The molecule has 0 unspecified atom stereocenters. The van der Waals surface area contributed by atoms with Crippen LogP contribution in [0.5, 0.6) is 5.75 Å². The minimum Gasteiger partial charge on any atom is -0.496 e. The molecule has 0 aliphatic heterocycles. The summed E-state index contributed by atoms with van der Waals surface area (Å²) >= 11 is 1.64. The van der Waals surface area contributed by atoms with Crippen molar-refractivity contribution < 1.29 is 13.2 Å². The van der Waals surface area contributed by atoms with Crippen molar-refractivity contribution in [1.82, 2.24) is 9.29 Å². The molecule has 0 atom stereocenters. The second-order valence-electron chi connectivity index (χ2n) is 5.49. The number of hydrogen-bond acceptors (Lipinski definition) is 5. The summed E-state index contributed by atoms with van der Waals surface area (Å²) in [4.78, 5) is 5.69. The van der Waals surface area contributed by atoms with Gasteiger partial charge in [0.15, 0.2) is 0 Å². The van der Waals surface area contributed by atoms with Crippen molar-refractivity contribution in [2.45, 2.75) is 18.2 Å². The van der Waals surface area contributed by atoms with E-state index in [1.807, 2.05) is 30.5 Å². The zero-order valence-corrected chi connectivity index (χ0v) is 15.8. The number of aromatic nitrogens is 1. The maximum atomic E-state index is 13.2. The third-order valence-electron chi connectivity index (χ3n) is 4.07. The van der Waals surface area contributed by atoms with Crippen LogP contribution < -0.4 is 4.74 Å². The molecular formula is C18H20N2O3S2. The average molecular weight is 377 g/mol. The van der Waals surface area contributed by atoms with Crippen LogP contribution in [0.4, 0.5) is 0 Å². The van der Waals surface area contributed by atoms with Crippen molar-refractivity contribution in [3.63, 3.8) is 0 Å². The molecule has 0 saturated carbocycles. The van der Waals surface area contributed by atoms with Crippen LogP contribution in [-0.4, -0.2) is 37.9 Å². The normalized spacial score (nSPS) is 12.0. The number of likely N-dealkylation sites (N-methyl/N-ethyl adjacent to an activating group) is 1. The first-order valence-electron chi connectivity index (χ1n) is 8.02. The molecule has 0 N–H and O–H groups in total. The van der Waals surface area contributed by atoms with E-state index in [1.54, 1.807) is 42.8 Å². The number of rotatable bonds is 7. The second-order valence-corrected chi connectivity index (χ2v) is 8.43. The zero-order chi connectivity index (χ0) is 17.9. The van der Waals surface area contributed by atoms with Crippen molar-refractivity contribution in [3.05, 3.63) is 52.9 Å². The average Bonchev–Trinajstić information content (AvgIpc) is 3.14. The summed E-state index contributed by atoms with van der Waals surface area (Å²) in [5.74, 6) is 0.615. The highest BCUT2D eigenvalue weighted by Crippen LogP contribution is 2.31. The third kappa shape index (κ3) is 3.53. The van der Waals surface area contributed by atoms with Gasteiger partial charge >= 0.3 is 0 Å². The molecule has 5 nitrogen and oxygen atoms in total. The fraction of sp³-hybridized carbons (Fsp3) is 0.278. The molecule has 3 rings (SSSR count). The summed E-state index contributed by atoms with van der Waals surface area (Å²) < 4.78 is 33.2. The lowest BCUT2D eigenvalue weighted by molar-refractivity contribution is 0.419. The molecule has 2 aromatic heterocycles. The van der Waals surface area contributed by atoms with Gasteiger partial charge in [0.1, 0.15) is 10.6 Å². The van der Waals surface area contributed by atoms with E-state index >= 15 is 0 Å². The maximum absolute atomic E-state index is 13.2. The van der Waals surface area contributed by atoms with Gasteiger partial charge in [-0.05, 0) is 42.1 Å². The molecule has 0 aliphatic rings. The van der Waals surface area contributed by atoms with Crippen LogP contribution in [-0.2, 0) is 16.4 Å². The van der Waals surface area contributed by atoms with Gasteiger partial charge in [0, 0.05) is 29.5 Å². The lowest BCUT2D eigenvalue weighted by Crippen LogP contribution is -2.33. The van der Waals surface area contributed by atoms with E-state index in [0.29, 0.717) is 36.2 Å². The number of ether oxygens (including phenoxy) is 1. The summed E-state index contributed by atoms with van der Waals surface area (Å²) in [6.07, 6.45) is 2.30. The predicted molar refractivity (Wildman–Crippen MR) is 101 cm³/mol. The quantitative estimate of drug-likeness (QED) is 0.633. The summed E-state index contributed by atoms with van der Waals surface area (Å²) in [5, 5.41) is 2.70. The van der Waals surface area contributed by atoms with Crippen LogP contribution in [0.2, 0.25) is 0 Å². The van der Waals surface area contributed by atoms with Crippen LogP contribution in [0.3, 0.4) is 0 Å². The SMILES string of the molecule is CCN(CCc1cccs1)S(=O)(=O)c1ccc(OC)c2cccnc12. The van der Waals surface area contributed by atoms with Crippen molar-refractivity contribution in [1.29, 1.82) is 0 Å². The molecule has 132 valence electrons. The first-order valence-corrected chi connectivity index (χ1v) is 10.3. The van der Waals surface area contributed by atoms with Crippen molar-refractivity contribution in [3.8, 4) is 5.75 Å². The predicted octanol–water partition coefficient (Wildman–Crippen LogP) is 3.56. The number of benzene rings is 1. The molecule has 0 saturated heterocycles. The van der Waals surface area contributed by atoms with Gasteiger partial charge in [-0.25, -0.2) is 8.42 Å². The molecule has 25 heavy (non-hydrogen) atoms. The Morgan fingerprint density at radius 3 is 2.72 bits per heavy atom. The molecule has 0 bridgehead atoms. The van der Waals surface area contributed by atoms with Crippen LogP contribution in [0.25, 0.3) is 10.9 Å². The zero-order valence-electron chi connectivity index (χ0n) is 14.2. The standard InChI is InChI=1S/C18H20N2O3S2/c1-3-20(12-10-14-6-5-13-24-14)25(21,22)17-9-8-16(23-2)15-7-4-11-19-18(15)17/h4-9,11,13H,3,10,12H2,1-2H3. The second kappa shape index (κ2) is 7.51. The lowest BCUT2D eigenvalue weighted by atomic mass is 10.2. The number of methoxy groups -OCH3 is 1. The van der Waals surface area contributed by atoms with Crippen LogP contribution in [0.15, 0.2) is 52.9 Å². The Balaban J connectivity index is 1.99. The number of pyridine rings is 1. The van der Waals surface area contributed by atoms with Crippen molar-refractivity contribution in [2.75, 3.05) is 20.2 Å². The highest BCUT2D eigenvalue weighted by Gasteiger charge is 2.26. The van der Waals surface area contributed by atoms with Crippen molar-refractivity contribution in [2.24, 2.45) is 0 Å². The Labute approximate surface area is 151 Å². The molecule has 7 heteroatoms. The fourth-order valence-corrected chi connectivity index (χ4v) is 5.08. The van der Waals surface area contributed by atoms with Crippen LogP contribution in [0.1, 0.15) is 11.8 Å². The molecule has 0 aliphatic carbocycles. The van der Waals surface area contributed by atoms with E-state index in [0.717, 1.165) is 0 Å². The Bertz CT molecular complexity index is 954. The largest absolute Gasteiger partial charge is 0.496 e. The first-order chi connectivity index (χ1) is 12.1. The minimum atomic E-state index is -3.64. The van der Waals surface area contributed by atoms with E-state index in [4.69, 9.17) is 4.74 Å². The van der Waals surface area contributed by atoms with E-state index < -0.39 is 10.0 Å². The fourth-order valence-electron chi connectivity index (χ4n) is 2.78. The highest BCUT2D eigenvalue weighted by atomic mass is 32.2. The van der Waals surface area contributed by atoms with Gasteiger partial charge in [-0.3, -0.25) is 4.98 Å². The van der Waals surface area contributed by atoms with Crippen molar-refractivity contribution >= 4 is 32.3 Å². The number of hydrogen-bond donors (Lipinski definition) is 0. The Morgan fingerprint density at radius 1 is 1.20 bits per heavy atom. The van der Waals surface area contributed by atoms with Gasteiger partial charge in [0.25, 0.3) is 0 Å². The van der Waals surface area contributed by atoms with Gasteiger partial charge < -0.3 is 4.74 Å². The summed E-state index contributed by atoms with van der Waals surface area (Å²) in [7, 11) is -2.07. The summed E-state index contributed by atoms with van der Waals surface area (Å²) in [6.45, 7) is 2.71. The molecule has 0 spiro atoms. The van der Waals surface area contributed by atoms with Gasteiger partial charge in [0.05, 0.1) is 12.6 Å². The first kappa shape index (κ1) is 17.8. The van der Waals surface area contributed by atoms with E-state index in [9.17, 15) is 8.42 Å². The Hall–Kier alpha value is -1.96. The van der Waals surface area contributed by atoms with Crippen LogP contribution >= 0.6 is 11.3 Å². The summed E-state index contributed by atoms with van der Waals surface area (Å²) in [5.41, 5.74) is 0.441. The van der Waals surface area contributed by atoms with E-state index in [1.165, 1.54) is 9.18 Å². The topological polar surface area (TPSA) is 59.5 Å². The van der Waals surface area contributed by atoms with E-state index in [2.05, 4.69) is 4.98 Å². The third-order valence-corrected chi connectivity index (χ3v) is 7.01. The number of fused-ring (bicyclic) bond motifs is 1. The number of thiophene rings is 1. The van der Waals surface area contributed by atoms with Gasteiger partial charge in [0.2, 0.25) is 10.0 Å². The molecule has 1 aromatic carbocycles. The summed E-state index contributed by atoms with van der Waals surface area (Å²) in [6, 6.07) is 10.9. The monoisotopic (exact) mass is 376 g/mol. The molecule has 3 aromatic rings. The van der Waals surface area contributed by atoms with Gasteiger partial charge in [-0.15, -0.1) is 11.3 Å². The van der Waals surface area contributed by atoms with Gasteiger partial charge in [-0.1, -0.05) is 13.0 Å². The molecule has 0 fully saturated rings. The Morgan fingerprint density at radius 2 is 2.04 bits per heavy atom. The minimum absolute atomic E-state index is 0.219. The molecule has 2 heterocycles. The number of nitrogens with zero attached hydrogens (tertiary/aromatic N) is 2. The van der Waals surface area contributed by atoms with Crippen LogP contribution in [0, 0.1) is 0 Å².